The molecule has 0 spiro atoms. The smallest absolute Gasteiger partial charge is 0.258 e. The van der Waals surface area contributed by atoms with E-state index in [1.807, 2.05) is 30.5 Å². The first-order valence-corrected chi connectivity index (χ1v) is 9.40. The fourth-order valence-electron chi connectivity index (χ4n) is 2.57. The number of thioether (sulfide) groups is 1. The Labute approximate surface area is 138 Å². The highest BCUT2D eigenvalue weighted by molar-refractivity contribution is 7.98. The van der Waals surface area contributed by atoms with Gasteiger partial charge in [-0.15, -0.1) is 23.1 Å². The van der Waals surface area contributed by atoms with Crippen LogP contribution < -0.4 is 5.32 Å². The van der Waals surface area contributed by atoms with Crippen LogP contribution in [0.1, 0.15) is 27.9 Å². The first-order chi connectivity index (χ1) is 10.7. The van der Waals surface area contributed by atoms with Gasteiger partial charge in [-0.3, -0.25) is 15.0 Å². The van der Waals surface area contributed by atoms with Crippen LogP contribution in [-0.2, 0) is 13.0 Å². The van der Waals surface area contributed by atoms with E-state index in [-0.39, 0.29) is 5.91 Å². The van der Waals surface area contributed by atoms with E-state index in [4.69, 9.17) is 0 Å². The van der Waals surface area contributed by atoms with Crippen molar-refractivity contribution in [1.82, 2.24) is 9.88 Å². The van der Waals surface area contributed by atoms with E-state index in [0.717, 1.165) is 36.6 Å². The van der Waals surface area contributed by atoms with Crippen molar-refractivity contribution >= 4 is 34.1 Å². The standard InChI is InChI=1S/C16H19N3OS2/c1-3-19-9-8-12-14(10-19)22-16(17-12)18-15(20)11-6-4-5-7-13(11)21-2/h4-7H,3,8-10H2,1-2H3,(H,17,18,20). The lowest BCUT2D eigenvalue weighted by molar-refractivity contribution is 0.102. The molecule has 4 nitrogen and oxygen atoms in total. The van der Waals surface area contributed by atoms with Gasteiger partial charge in [0.2, 0.25) is 0 Å². The van der Waals surface area contributed by atoms with Crippen LogP contribution in [0.4, 0.5) is 5.13 Å². The predicted octanol–water partition coefficient (Wildman–Crippen LogP) is 3.50. The molecule has 1 aromatic carbocycles. The number of aromatic nitrogens is 1. The predicted molar refractivity (Wildman–Crippen MR) is 92.9 cm³/mol. The van der Waals surface area contributed by atoms with Crippen LogP contribution in [0.3, 0.4) is 0 Å². The minimum atomic E-state index is -0.0802. The number of nitrogens with zero attached hydrogens (tertiary/aromatic N) is 2. The molecule has 0 unspecified atom stereocenters. The van der Waals surface area contributed by atoms with Crippen LogP contribution in [0.25, 0.3) is 0 Å². The molecule has 2 heterocycles. The Bertz CT molecular complexity index is 684. The van der Waals surface area contributed by atoms with Crippen molar-refractivity contribution in [3.05, 3.63) is 40.4 Å². The van der Waals surface area contributed by atoms with Gasteiger partial charge in [0.25, 0.3) is 5.91 Å². The van der Waals surface area contributed by atoms with E-state index >= 15 is 0 Å². The average Bonchev–Trinajstić information content (AvgIpc) is 2.95. The van der Waals surface area contributed by atoms with Gasteiger partial charge in [0.05, 0.1) is 11.3 Å². The summed E-state index contributed by atoms with van der Waals surface area (Å²) in [6.45, 7) is 5.23. The number of nitrogens with one attached hydrogen (secondary N) is 1. The van der Waals surface area contributed by atoms with Crippen LogP contribution in [-0.4, -0.2) is 35.1 Å². The SMILES string of the molecule is CCN1CCc2nc(NC(=O)c3ccccc3SC)sc2C1. The normalized spacial score (nSPS) is 14.6. The molecular formula is C16H19N3OS2. The van der Waals surface area contributed by atoms with Crippen molar-refractivity contribution in [3.8, 4) is 0 Å². The van der Waals surface area contributed by atoms with Crippen LogP contribution in [0.2, 0.25) is 0 Å². The highest BCUT2D eigenvalue weighted by Gasteiger charge is 2.21. The molecule has 1 aliphatic rings. The summed E-state index contributed by atoms with van der Waals surface area (Å²) in [5, 5.41) is 3.67. The Morgan fingerprint density at radius 3 is 3.05 bits per heavy atom. The molecule has 0 saturated heterocycles. The summed E-state index contributed by atoms with van der Waals surface area (Å²) in [6, 6.07) is 7.66. The molecule has 3 rings (SSSR count). The summed E-state index contributed by atoms with van der Waals surface area (Å²) in [5.41, 5.74) is 1.85. The molecule has 1 aromatic heterocycles. The zero-order valence-electron chi connectivity index (χ0n) is 12.8. The van der Waals surface area contributed by atoms with Crippen molar-refractivity contribution in [2.24, 2.45) is 0 Å². The van der Waals surface area contributed by atoms with Crippen molar-refractivity contribution in [1.29, 1.82) is 0 Å². The van der Waals surface area contributed by atoms with E-state index in [1.54, 1.807) is 23.1 Å². The van der Waals surface area contributed by atoms with Gasteiger partial charge >= 0.3 is 0 Å². The summed E-state index contributed by atoms with van der Waals surface area (Å²) < 4.78 is 0. The van der Waals surface area contributed by atoms with Crippen molar-refractivity contribution in [3.63, 3.8) is 0 Å². The van der Waals surface area contributed by atoms with Crippen LogP contribution in [0.5, 0.6) is 0 Å². The number of rotatable bonds is 4. The number of benzene rings is 1. The number of hydrogen-bond acceptors (Lipinski definition) is 5. The second-order valence-electron chi connectivity index (χ2n) is 5.16. The molecule has 22 heavy (non-hydrogen) atoms. The molecule has 116 valence electrons. The molecule has 0 atom stereocenters. The minimum Gasteiger partial charge on any atom is -0.298 e. The average molecular weight is 333 g/mol. The van der Waals surface area contributed by atoms with E-state index in [9.17, 15) is 4.79 Å². The maximum Gasteiger partial charge on any atom is 0.258 e. The summed E-state index contributed by atoms with van der Waals surface area (Å²) in [6.07, 6.45) is 2.95. The fraction of sp³-hybridized carbons (Fsp3) is 0.375. The topological polar surface area (TPSA) is 45.2 Å². The number of carbonyl (C=O) groups is 1. The van der Waals surface area contributed by atoms with Gasteiger partial charge < -0.3 is 0 Å². The first-order valence-electron chi connectivity index (χ1n) is 7.36. The van der Waals surface area contributed by atoms with Crippen molar-refractivity contribution in [2.75, 3.05) is 24.7 Å². The first kappa shape index (κ1) is 15.5. The van der Waals surface area contributed by atoms with Gasteiger partial charge in [-0.1, -0.05) is 19.1 Å². The molecule has 1 amide bonds. The molecule has 2 aromatic rings. The number of carbonyl (C=O) groups excluding carboxylic acids is 1. The summed E-state index contributed by atoms with van der Waals surface area (Å²) in [4.78, 5) is 21.7. The molecule has 1 N–H and O–H groups in total. The third-order valence-corrected chi connectivity index (χ3v) is 5.62. The number of likely N-dealkylation sites (N-methyl/N-ethyl adjacent to an activating group) is 1. The van der Waals surface area contributed by atoms with Gasteiger partial charge in [0, 0.05) is 29.3 Å². The van der Waals surface area contributed by atoms with E-state index in [2.05, 4.69) is 22.1 Å². The monoisotopic (exact) mass is 333 g/mol. The van der Waals surface area contributed by atoms with Crippen LogP contribution >= 0.6 is 23.1 Å². The number of amides is 1. The lowest BCUT2D eigenvalue weighted by Gasteiger charge is -2.23. The largest absolute Gasteiger partial charge is 0.298 e. The molecule has 0 saturated carbocycles. The Hall–Kier alpha value is -1.37. The fourth-order valence-corrected chi connectivity index (χ4v) is 4.21. The molecular weight excluding hydrogens is 314 g/mol. The molecule has 0 aliphatic carbocycles. The van der Waals surface area contributed by atoms with Gasteiger partial charge in [-0.05, 0) is 24.9 Å². The lowest BCUT2D eigenvalue weighted by atomic mass is 10.2. The number of thiazole rings is 1. The van der Waals surface area contributed by atoms with Gasteiger partial charge in [0.1, 0.15) is 0 Å². The molecule has 1 aliphatic heterocycles. The van der Waals surface area contributed by atoms with E-state index in [0.29, 0.717) is 10.7 Å². The molecule has 0 radical (unpaired) electrons. The van der Waals surface area contributed by atoms with Gasteiger partial charge in [-0.25, -0.2) is 4.98 Å². The second kappa shape index (κ2) is 6.81. The Balaban J connectivity index is 1.76. The third-order valence-electron chi connectivity index (χ3n) is 3.83. The summed E-state index contributed by atoms with van der Waals surface area (Å²) in [7, 11) is 0. The maximum atomic E-state index is 12.5. The highest BCUT2D eigenvalue weighted by atomic mass is 32.2. The molecule has 0 bridgehead atoms. The van der Waals surface area contributed by atoms with E-state index < -0.39 is 0 Å². The molecule has 0 fully saturated rings. The molecule has 6 heteroatoms. The number of fused-ring (bicyclic) bond motifs is 1. The highest BCUT2D eigenvalue weighted by Crippen LogP contribution is 2.29. The van der Waals surface area contributed by atoms with Crippen molar-refractivity contribution < 1.29 is 4.79 Å². The Morgan fingerprint density at radius 2 is 2.27 bits per heavy atom. The van der Waals surface area contributed by atoms with E-state index in [1.165, 1.54) is 4.88 Å². The zero-order valence-corrected chi connectivity index (χ0v) is 14.4. The number of hydrogen-bond donors (Lipinski definition) is 1. The quantitative estimate of drug-likeness (QED) is 0.870. The third kappa shape index (κ3) is 3.19. The zero-order chi connectivity index (χ0) is 15.5. The minimum absolute atomic E-state index is 0.0802. The van der Waals surface area contributed by atoms with Crippen LogP contribution in [0, 0.1) is 0 Å². The van der Waals surface area contributed by atoms with Gasteiger partial charge in [-0.2, -0.15) is 0 Å². The Morgan fingerprint density at radius 1 is 1.45 bits per heavy atom. The van der Waals surface area contributed by atoms with Gasteiger partial charge in [0.15, 0.2) is 5.13 Å². The summed E-state index contributed by atoms with van der Waals surface area (Å²) >= 11 is 3.18. The second-order valence-corrected chi connectivity index (χ2v) is 7.09. The number of anilines is 1. The lowest BCUT2D eigenvalue weighted by Crippen LogP contribution is -2.29. The van der Waals surface area contributed by atoms with Crippen LogP contribution in [0.15, 0.2) is 29.2 Å². The summed E-state index contributed by atoms with van der Waals surface area (Å²) in [5.74, 6) is -0.0802. The maximum absolute atomic E-state index is 12.5. The Kier molecular flexibility index (Phi) is 4.81. The van der Waals surface area contributed by atoms with Crippen molar-refractivity contribution in [2.45, 2.75) is 24.8 Å².